The summed E-state index contributed by atoms with van der Waals surface area (Å²) < 4.78 is 32.6. The fraction of sp³-hybridized carbons (Fsp3) is 0.375. The number of rotatable bonds is 3. The highest BCUT2D eigenvalue weighted by Crippen LogP contribution is 2.50. The zero-order valence-corrected chi connectivity index (χ0v) is 18.0. The van der Waals surface area contributed by atoms with Crippen LogP contribution in [-0.2, 0) is 6.54 Å². The van der Waals surface area contributed by atoms with E-state index in [0.29, 0.717) is 29.2 Å². The number of halogens is 2. The van der Waals surface area contributed by atoms with Crippen molar-refractivity contribution in [2.24, 2.45) is 5.41 Å². The van der Waals surface area contributed by atoms with Crippen LogP contribution in [0, 0.1) is 17.0 Å². The van der Waals surface area contributed by atoms with Gasteiger partial charge in [-0.2, -0.15) is 5.10 Å². The first-order valence-corrected chi connectivity index (χ1v) is 10.6. The number of hydrogen-bond donors (Lipinski definition) is 1. The molecule has 0 spiro atoms. The monoisotopic (exact) mass is 439 g/mol. The Balaban J connectivity index is 1.86. The van der Waals surface area contributed by atoms with Crippen molar-refractivity contribution in [2.45, 2.75) is 52.1 Å². The highest BCUT2D eigenvalue weighted by Gasteiger charge is 2.40. The van der Waals surface area contributed by atoms with Gasteiger partial charge in [-0.25, -0.2) is 13.6 Å². The number of aromatic carboxylic acids is 1. The number of fused-ring (bicyclic) bond motifs is 3. The summed E-state index contributed by atoms with van der Waals surface area (Å²) in [6.07, 6.45) is 3.19. The van der Waals surface area contributed by atoms with Crippen LogP contribution in [-0.4, -0.2) is 25.4 Å². The van der Waals surface area contributed by atoms with Crippen molar-refractivity contribution in [2.75, 3.05) is 0 Å². The predicted molar refractivity (Wildman–Crippen MR) is 115 cm³/mol. The number of carbonyl (C=O) groups is 1. The molecule has 3 heterocycles. The molecule has 1 atom stereocenters. The summed E-state index contributed by atoms with van der Waals surface area (Å²) >= 11 is 0. The van der Waals surface area contributed by atoms with Crippen molar-refractivity contribution in [3.8, 4) is 22.5 Å². The van der Waals surface area contributed by atoms with E-state index in [1.807, 2.05) is 20.8 Å². The molecule has 1 N–H and O–H groups in total. The molecule has 5 rings (SSSR count). The maximum absolute atomic E-state index is 14.9. The normalized spacial score (nSPS) is 17.7. The number of benzene rings is 1. The van der Waals surface area contributed by atoms with Gasteiger partial charge < -0.3 is 9.67 Å². The first kappa shape index (κ1) is 20.6. The van der Waals surface area contributed by atoms with E-state index in [1.165, 1.54) is 12.3 Å². The van der Waals surface area contributed by atoms with E-state index < -0.39 is 23.0 Å². The zero-order valence-electron chi connectivity index (χ0n) is 18.0. The topological polar surface area (TPSA) is 77.1 Å². The lowest BCUT2D eigenvalue weighted by Gasteiger charge is -2.38. The molecule has 3 aromatic rings. The molecule has 1 saturated carbocycles. The molecule has 8 heteroatoms. The minimum absolute atomic E-state index is 0.101. The summed E-state index contributed by atoms with van der Waals surface area (Å²) in [7, 11) is 0. The van der Waals surface area contributed by atoms with Gasteiger partial charge in [-0.1, -0.05) is 20.8 Å². The maximum atomic E-state index is 14.9. The molecule has 0 amide bonds. The average molecular weight is 439 g/mol. The number of hydrogen-bond acceptors (Lipinski definition) is 3. The summed E-state index contributed by atoms with van der Waals surface area (Å²) in [4.78, 5) is 24.3. The Labute approximate surface area is 183 Å². The molecule has 0 bridgehead atoms. The van der Waals surface area contributed by atoms with Crippen LogP contribution in [0.25, 0.3) is 22.5 Å². The van der Waals surface area contributed by atoms with Gasteiger partial charge in [0.05, 0.1) is 29.7 Å². The Morgan fingerprint density at radius 2 is 1.91 bits per heavy atom. The third-order valence-corrected chi connectivity index (χ3v) is 6.38. The number of pyridine rings is 1. The second kappa shape index (κ2) is 6.85. The average Bonchev–Trinajstić information content (AvgIpc) is 3.48. The number of aromatic nitrogens is 3. The summed E-state index contributed by atoms with van der Waals surface area (Å²) in [5.41, 5.74) is 1.02. The quantitative estimate of drug-likeness (QED) is 0.634. The Morgan fingerprint density at radius 3 is 2.53 bits per heavy atom. The Hall–Kier alpha value is -3.29. The third-order valence-electron chi connectivity index (χ3n) is 6.38. The van der Waals surface area contributed by atoms with Gasteiger partial charge in [0.2, 0.25) is 0 Å². The smallest absolute Gasteiger partial charge is 0.341 e. The van der Waals surface area contributed by atoms with Crippen LogP contribution in [0.3, 0.4) is 0 Å². The zero-order chi connectivity index (χ0) is 22.9. The minimum atomic E-state index is -1.30. The van der Waals surface area contributed by atoms with E-state index in [9.17, 15) is 23.5 Å². The van der Waals surface area contributed by atoms with Crippen molar-refractivity contribution in [3.63, 3.8) is 0 Å². The second-order valence-electron chi connectivity index (χ2n) is 9.72. The van der Waals surface area contributed by atoms with Crippen molar-refractivity contribution in [1.82, 2.24) is 14.3 Å². The number of carboxylic acid groups (broad SMARTS) is 1. The first-order chi connectivity index (χ1) is 15.1. The molecule has 2 aliphatic rings. The Morgan fingerprint density at radius 1 is 1.19 bits per heavy atom. The molecule has 1 fully saturated rings. The molecule has 6 nitrogen and oxygen atoms in total. The van der Waals surface area contributed by atoms with E-state index in [2.05, 4.69) is 0 Å². The van der Waals surface area contributed by atoms with Gasteiger partial charge in [-0.05, 0) is 36.5 Å². The van der Waals surface area contributed by atoms with Gasteiger partial charge in [-0.3, -0.25) is 9.48 Å². The van der Waals surface area contributed by atoms with E-state index in [0.717, 1.165) is 31.0 Å². The summed E-state index contributed by atoms with van der Waals surface area (Å²) in [5, 5.41) is 14.3. The molecular formula is C24H23F2N3O3. The molecule has 0 radical (unpaired) electrons. The highest BCUT2D eigenvalue weighted by molar-refractivity contribution is 5.89. The van der Waals surface area contributed by atoms with Crippen molar-refractivity contribution in [3.05, 3.63) is 63.6 Å². The number of carboxylic acids is 1. The van der Waals surface area contributed by atoms with Crippen LogP contribution in [0.15, 0.2) is 35.3 Å². The minimum Gasteiger partial charge on any atom is -0.477 e. The van der Waals surface area contributed by atoms with Gasteiger partial charge in [0, 0.05) is 29.3 Å². The standard InChI is InChI=1S/C24H23F2N3O3/c1-24(2,3)19-11-29-22(17-9-18(30)15(23(31)32)10-28(17)19)20(21(27-29)12-4-5-12)14-8-13(25)6-7-16(14)26/h6-10,12,19H,4-5,11H2,1-3H3,(H,31,32)/t19-/m0/s1. The van der Waals surface area contributed by atoms with Crippen LogP contribution in [0.2, 0.25) is 0 Å². The largest absolute Gasteiger partial charge is 0.477 e. The van der Waals surface area contributed by atoms with Crippen molar-refractivity contribution in [1.29, 1.82) is 0 Å². The second-order valence-corrected chi connectivity index (χ2v) is 9.72. The molecule has 1 aliphatic carbocycles. The lowest BCUT2D eigenvalue weighted by molar-refractivity contribution is 0.0693. The molecule has 0 unspecified atom stereocenters. The lowest BCUT2D eigenvalue weighted by atomic mass is 9.84. The van der Waals surface area contributed by atoms with Crippen LogP contribution in [0.5, 0.6) is 0 Å². The molecule has 32 heavy (non-hydrogen) atoms. The SMILES string of the molecule is CC(C)(C)[C@@H]1Cn2nc(C3CC3)c(-c3cc(F)ccc3F)c2-c2cc(=O)c(C(=O)O)cn21. The molecule has 1 aromatic carbocycles. The van der Waals surface area contributed by atoms with E-state index in [-0.39, 0.29) is 28.5 Å². The van der Waals surface area contributed by atoms with Gasteiger partial charge in [0.25, 0.3) is 0 Å². The van der Waals surface area contributed by atoms with Gasteiger partial charge in [0.1, 0.15) is 17.2 Å². The molecule has 0 saturated heterocycles. The van der Waals surface area contributed by atoms with Crippen molar-refractivity contribution >= 4 is 5.97 Å². The van der Waals surface area contributed by atoms with E-state index in [1.54, 1.807) is 9.25 Å². The lowest BCUT2D eigenvalue weighted by Crippen LogP contribution is -2.35. The summed E-state index contributed by atoms with van der Waals surface area (Å²) in [6.45, 7) is 6.51. The van der Waals surface area contributed by atoms with Gasteiger partial charge in [0.15, 0.2) is 5.43 Å². The Bertz CT molecular complexity index is 1330. The fourth-order valence-corrected chi connectivity index (χ4v) is 4.57. The van der Waals surface area contributed by atoms with E-state index in [4.69, 9.17) is 5.10 Å². The summed E-state index contributed by atoms with van der Waals surface area (Å²) in [6, 6.07) is 4.40. The highest BCUT2D eigenvalue weighted by atomic mass is 19.1. The fourth-order valence-electron chi connectivity index (χ4n) is 4.57. The predicted octanol–water partition coefficient (Wildman–Crippen LogP) is 4.83. The van der Waals surface area contributed by atoms with Gasteiger partial charge >= 0.3 is 5.97 Å². The summed E-state index contributed by atoms with van der Waals surface area (Å²) in [5.74, 6) is -2.28. The molecular weight excluding hydrogens is 416 g/mol. The number of nitrogens with zero attached hydrogens (tertiary/aromatic N) is 3. The maximum Gasteiger partial charge on any atom is 0.341 e. The Kier molecular flexibility index (Phi) is 4.41. The molecule has 166 valence electrons. The molecule has 1 aliphatic heterocycles. The van der Waals surface area contributed by atoms with Gasteiger partial charge in [-0.15, -0.1) is 0 Å². The molecule has 2 aromatic heterocycles. The van der Waals surface area contributed by atoms with Crippen LogP contribution in [0.1, 0.15) is 61.6 Å². The van der Waals surface area contributed by atoms with Crippen molar-refractivity contribution < 1.29 is 18.7 Å². The van der Waals surface area contributed by atoms with Crippen LogP contribution < -0.4 is 5.43 Å². The first-order valence-electron chi connectivity index (χ1n) is 10.6. The third kappa shape index (κ3) is 3.16. The van der Waals surface area contributed by atoms with E-state index >= 15 is 0 Å². The van der Waals surface area contributed by atoms with Crippen LogP contribution in [0.4, 0.5) is 8.78 Å². The van der Waals surface area contributed by atoms with Crippen LogP contribution >= 0.6 is 0 Å².